The van der Waals surface area contributed by atoms with E-state index in [9.17, 15) is 9.90 Å². The molecule has 0 spiro atoms. The van der Waals surface area contributed by atoms with E-state index in [4.69, 9.17) is 16.3 Å². The average Bonchev–Trinajstić information content (AvgIpc) is 2.83. The molecule has 0 radical (unpaired) electrons. The Morgan fingerprint density at radius 3 is 2.76 bits per heavy atom. The largest absolute Gasteiger partial charge is 0.505 e. The molecule has 7 heteroatoms. The number of esters is 1. The van der Waals surface area contributed by atoms with Gasteiger partial charge in [-0.2, -0.15) is 0 Å². The third kappa shape index (κ3) is 2.07. The Balaban J connectivity index is 2.39. The summed E-state index contributed by atoms with van der Waals surface area (Å²) >= 11 is 7.23. The number of hydrogen-bond donors (Lipinski definition) is 1. The molecule has 0 atom stereocenters. The fourth-order valence-electron chi connectivity index (χ4n) is 2.11. The van der Waals surface area contributed by atoms with Crippen LogP contribution in [0.5, 0.6) is 11.5 Å². The first-order valence-corrected chi connectivity index (χ1v) is 7.12. The maximum atomic E-state index is 11.7. The topological polar surface area (TPSA) is 68.7 Å². The Hall–Kier alpha value is -2.05. The van der Waals surface area contributed by atoms with Crippen LogP contribution in [0.2, 0.25) is 5.02 Å². The summed E-state index contributed by atoms with van der Waals surface area (Å²) in [7, 11) is 2.79. The number of benzene rings is 1. The lowest BCUT2D eigenvalue weighted by Gasteiger charge is -2.05. The van der Waals surface area contributed by atoms with Crippen LogP contribution in [0.15, 0.2) is 18.3 Å². The predicted octanol–water partition coefficient (Wildman–Crippen LogP) is 3.60. The third-order valence-electron chi connectivity index (χ3n) is 3.14. The standard InChI is InChI=1S/C14H10ClNO4S/c1-19-10-3-6-9(4-8(10)15)16-5-7-11(17)13(14(18)20-2)21-12(6)7/h3-5,17H,1-2H3. The van der Waals surface area contributed by atoms with Gasteiger partial charge < -0.3 is 14.6 Å². The van der Waals surface area contributed by atoms with Gasteiger partial charge in [0.25, 0.3) is 0 Å². The SMILES string of the molecule is COC(=O)c1sc2c(cnc3cc(Cl)c(OC)cc32)c1O. The van der Waals surface area contributed by atoms with Gasteiger partial charge in [-0.05, 0) is 12.1 Å². The Morgan fingerprint density at radius 2 is 2.10 bits per heavy atom. The summed E-state index contributed by atoms with van der Waals surface area (Å²) in [6.45, 7) is 0. The van der Waals surface area contributed by atoms with E-state index in [0.29, 0.717) is 21.7 Å². The van der Waals surface area contributed by atoms with Crippen LogP contribution in [-0.4, -0.2) is 30.3 Å². The maximum absolute atomic E-state index is 11.7. The lowest BCUT2D eigenvalue weighted by molar-refractivity contribution is 0.0603. The molecular weight excluding hydrogens is 314 g/mol. The van der Waals surface area contributed by atoms with Crippen molar-refractivity contribution in [3.8, 4) is 11.5 Å². The van der Waals surface area contributed by atoms with Gasteiger partial charge in [-0.15, -0.1) is 11.3 Å². The summed E-state index contributed by atoms with van der Waals surface area (Å²) < 4.78 is 10.6. The van der Waals surface area contributed by atoms with Gasteiger partial charge in [0.05, 0.1) is 34.8 Å². The van der Waals surface area contributed by atoms with E-state index in [1.807, 2.05) is 0 Å². The lowest BCUT2D eigenvalue weighted by Crippen LogP contribution is -1.97. The molecule has 108 valence electrons. The molecule has 0 aliphatic heterocycles. The Morgan fingerprint density at radius 1 is 1.33 bits per heavy atom. The number of thiophene rings is 1. The minimum absolute atomic E-state index is 0.120. The highest BCUT2D eigenvalue weighted by molar-refractivity contribution is 7.22. The number of nitrogens with zero attached hydrogens (tertiary/aromatic N) is 1. The minimum Gasteiger partial charge on any atom is -0.505 e. The molecule has 0 saturated heterocycles. The molecule has 0 bridgehead atoms. The number of carbonyl (C=O) groups excluding carboxylic acids is 1. The molecule has 0 aliphatic carbocycles. The van der Waals surface area contributed by atoms with Crippen molar-refractivity contribution in [2.75, 3.05) is 14.2 Å². The summed E-state index contributed by atoms with van der Waals surface area (Å²) in [6.07, 6.45) is 1.51. The molecule has 0 amide bonds. The molecule has 1 N–H and O–H groups in total. The molecule has 0 fully saturated rings. The molecular formula is C14H10ClNO4S. The molecule has 0 saturated carbocycles. The minimum atomic E-state index is -0.581. The van der Waals surface area contributed by atoms with E-state index in [1.165, 1.54) is 20.4 Å². The van der Waals surface area contributed by atoms with E-state index in [2.05, 4.69) is 9.72 Å². The number of halogens is 1. The monoisotopic (exact) mass is 323 g/mol. The number of carbonyl (C=O) groups is 1. The second kappa shape index (κ2) is 5.05. The van der Waals surface area contributed by atoms with Gasteiger partial charge in [0.15, 0.2) is 4.88 Å². The molecule has 2 aromatic heterocycles. The van der Waals surface area contributed by atoms with E-state index in [1.54, 1.807) is 12.1 Å². The molecule has 2 heterocycles. The summed E-state index contributed by atoms with van der Waals surface area (Å²) in [5.74, 6) is -0.195. The molecule has 0 aliphatic rings. The van der Waals surface area contributed by atoms with Crippen molar-refractivity contribution in [2.24, 2.45) is 0 Å². The van der Waals surface area contributed by atoms with E-state index in [0.717, 1.165) is 21.4 Å². The molecule has 3 rings (SSSR count). The second-order valence-electron chi connectivity index (χ2n) is 4.28. The number of methoxy groups -OCH3 is 2. The zero-order valence-corrected chi connectivity index (χ0v) is 12.7. The van der Waals surface area contributed by atoms with Crippen molar-refractivity contribution in [2.45, 2.75) is 0 Å². The van der Waals surface area contributed by atoms with Crippen LogP contribution in [-0.2, 0) is 4.74 Å². The van der Waals surface area contributed by atoms with Crippen LogP contribution < -0.4 is 4.74 Å². The summed E-state index contributed by atoms with van der Waals surface area (Å²) in [5, 5.41) is 11.8. The van der Waals surface area contributed by atoms with Crippen LogP contribution in [0.4, 0.5) is 0 Å². The lowest BCUT2D eigenvalue weighted by atomic mass is 10.1. The van der Waals surface area contributed by atoms with Crippen LogP contribution in [0, 0.1) is 0 Å². The quantitative estimate of drug-likeness (QED) is 0.730. The van der Waals surface area contributed by atoms with Crippen LogP contribution >= 0.6 is 22.9 Å². The van der Waals surface area contributed by atoms with Gasteiger partial charge in [-0.3, -0.25) is 4.98 Å². The Kier molecular flexibility index (Phi) is 3.35. The van der Waals surface area contributed by atoms with Gasteiger partial charge in [-0.1, -0.05) is 11.6 Å². The van der Waals surface area contributed by atoms with Gasteiger partial charge >= 0.3 is 5.97 Å². The fourth-order valence-corrected chi connectivity index (χ4v) is 3.45. The zero-order chi connectivity index (χ0) is 15.1. The van der Waals surface area contributed by atoms with Crippen molar-refractivity contribution in [3.05, 3.63) is 28.2 Å². The number of hydrogen-bond acceptors (Lipinski definition) is 6. The van der Waals surface area contributed by atoms with Crippen molar-refractivity contribution in [1.82, 2.24) is 4.98 Å². The number of pyridine rings is 1. The van der Waals surface area contributed by atoms with Crippen LogP contribution in [0.1, 0.15) is 9.67 Å². The van der Waals surface area contributed by atoms with Crippen LogP contribution in [0.25, 0.3) is 21.0 Å². The van der Waals surface area contributed by atoms with E-state index in [-0.39, 0.29) is 10.6 Å². The molecule has 21 heavy (non-hydrogen) atoms. The number of aromatic hydroxyl groups is 1. The first-order valence-electron chi connectivity index (χ1n) is 5.92. The normalized spacial score (nSPS) is 11.0. The number of rotatable bonds is 2. The average molecular weight is 324 g/mol. The first-order chi connectivity index (χ1) is 10.1. The highest BCUT2D eigenvalue weighted by Crippen LogP contribution is 2.42. The number of fused-ring (bicyclic) bond motifs is 3. The van der Waals surface area contributed by atoms with Crippen molar-refractivity contribution >= 4 is 49.9 Å². The van der Waals surface area contributed by atoms with Crippen molar-refractivity contribution < 1.29 is 19.4 Å². The first kappa shape index (κ1) is 13.9. The highest BCUT2D eigenvalue weighted by atomic mass is 35.5. The second-order valence-corrected chi connectivity index (χ2v) is 5.70. The highest BCUT2D eigenvalue weighted by Gasteiger charge is 2.21. The molecule has 0 unspecified atom stereocenters. The van der Waals surface area contributed by atoms with Gasteiger partial charge in [0.1, 0.15) is 11.5 Å². The van der Waals surface area contributed by atoms with Crippen molar-refractivity contribution in [3.63, 3.8) is 0 Å². The summed E-state index contributed by atoms with van der Waals surface area (Å²) in [4.78, 5) is 16.1. The zero-order valence-electron chi connectivity index (χ0n) is 11.1. The molecule has 5 nitrogen and oxygen atoms in total. The van der Waals surface area contributed by atoms with Gasteiger partial charge in [0.2, 0.25) is 0 Å². The van der Waals surface area contributed by atoms with Crippen LogP contribution in [0.3, 0.4) is 0 Å². The Bertz CT molecular complexity index is 874. The Labute approximate surface area is 128 Å². The van der Waals surface area contributed by atoms with E-state index < -0.39 is 5.97 Å². The molecule has 1 aromatic carbocycles. The van der Waals surface area contributed by atoms with Crippen molar-refractivity contribution in [1.29, 1.82) is 0 Å². The fraction of sp³-hybridized carbons (Fsp3) is 0.143. The smallest absolute Gasteiger partial charge is 0.351 e. The van der Waals surface area contributed by atoms with E-state index >= 15 is 0 Å². The summed E-state index contributed by atoms with van der Waals surface area (Å²) in [6, 6.07) is 3.42. The van der Waals surface area contributed by atoms with Gasteiger partial charge in [-0.25, -0.2) is 4.79 Å². The number of aromatic nitrogens is 1. The third-order valence-corrected chi connectivity index (χ3v) is 4.64. The maximum Gasteiger partial charge on any atom is 0.351 e. The van der Waals surface area contributed by atoms with Gasteiger partial charge in [0, 0.05) is 11.6 Å². The predicted molar refractivity (Wildman–Crippen MR) is 81.7 cm³/mol. The molecule has 3 aromatic rings. The summed E-state index contributed by atoms with van der Waals surface area (Å²) in [5.41, 5.74) is 0.658. The number of ether oxygens (including phenoxy) is 2.